The molecule has 1 aliphatic carbocycles. The summed E-state index contributed by atoms with van der Waals surface area (Å²) in [6.07, 6.45) is 8.04. The zero-order valence-electron chi connectivity index (χ0n) is 16.1. The number of benzene rings is 2. The van der Waals surface area contributed by atoms with E-state index in [1.807, 2.05) is 6.21 Å². The van der Waals surface area contributed by atoms with Crippen molar-refractivity contribution in [3.63, 3.8) is 0 Å². The molecule has 2 aliphatic heterocycles. The molecule has 136 valence electrons. The third-order valence-electron chi connectivity index (χ3n) is 6.36. The second-order valence-electron chi connectivity index (χ2n) is 8.12. The van der Waals surface area contributed by atoms with Crippen molar-refractivity contribution in [3.8, 4) is 0 Å². The van der Waals surface area contributed by atoms with Crippen molar-refractivity contribution in [2.75, 3.05) is 11.9 Å². The van der Waals surface area contributed by atoms with Crippen molar-refractivity contribution in [1.82, 2.24) is 0 Å². The van der Waals surface area contributed by atoms with E-state index in [0.29, 0.717) is 0 Å². The Balaban J connectivity index is 1.59. The number of nitrogens with zero attached hydrogens (tertiary/aromatic N) is 2. The minimum atomic E-state index is -0.613. The van der Waals surface area contributed by atoms with Gasteiger partial charge in [-0.05, 0) is 49.1 Å². The summed E-state index contributed by atoms with van der Waals surface area (Å²) in [4.78, 5) is 7.19. The highest BCUT2D eigenvalue weighted by Crippen LogP contribution is 2.52. The van der Waals surface area contributed by atoms with Crippen LogP contribution in [0, 0.1) is 0 Å². The van der Waals surface area contributed by atoms with E-state index in [1.165, 1.54) is 22.4 Å². The van der Waals surface area contributed by atoms with Gasteiger partial charge in [-0.1, -0.05) is 48.5 Å². The number of likely N-dealkylation sites (N-methyl/N-ethyl adjacent to an activating group) is 1. The first-order valence-electron chi connectivity index (χ1n) is 9.57. The topological polar surface area (TPSA) is 24.8 Å². The van der Waals surface area contributed by atoms with Crippen LogP contribution in [0.2, 0.25) is 0 Å². The van der Waals surface area contributed by atoms with E-state index in [0.717, 1.165) is 24.3 Å². The first-order chi connectivity index (χ1) is 13.0. The quantitative estimate of drug-likeness (QED) is 0.679. The van der Waals surface area contributed by atoms with Gasteiger partial charge in [0.25, 0.3) is 0 Å². The van der Waals surface area contributed by atoms with Gasteiger partial charge in [-0.2, -0.15) is 0 Å². The third-order valence-corrected chi connectivity index (χ3v) is 6.36. The summed E-state index contributed by atoms with van der Waals surface area (Å²) in [7, 11) is 2.10. The van der Waals surface area contributed by atoms with Gasteiger partial charge in [0.1, 0.15) is 5.76 Å². The van der Waals surface area contributed by atoms with Crippen LogP contribution < -0.4 is 4.90 Å². The molecule has 2 heterocycles. The van der Waals surface area contributed by atoms with E-state index < -0.39 is 5.72 Å². The Labute approximate surface area is 160 Å². The lowest BCUT2D eigenvalue weighted by molar-refractivity contribution is 0.0204. The molecular weight excluding hydrogens is 332 g/mol. The van der Waals surface area contributed by atoms with E-state index >= 15 is 0 Å². The summed E-state index contributed by atoms with van der Waals surface area (Å²) >= 11 is 0. The number of hydrogen-bond acceptors (Lipinski definition) is 3. The Kier molecular flexibility index (Phi) is 3.39. The molecule has 3 nitrogen and oxygen atoms in total. The number of hydrogen-bond donors (Lipinski definition) is 0. The molecule has 2 aromatic carbocycles. The summed E-state index contributed by atoms with van der Waals surface area (Å²) in [6, 6.07) is 17.1. The number of aliphatic imine (C=N–C) groups is 1. The lowest BCUT2D eigenvalue weighted by atomic mass is 9.77. The maximum atomic E-state index is 6.77. The lowest BCUT2D eigenvalue weighted by Gasteiger charge is -2.45. The fourth-order valence-electron chi connectivity index (χ4n) is 4.68. The molecule has 0 saturated carbocycles. The predicted octanol–water partition coefficient (Wildman–Crippen LogP) is 4.78. The number of rotatable bonds is 0. The second kappa shape index (κ2) is 5.59. The molecule has 0 N–H and O–H groups in total. The number of fused-ring (bicyclic) bond motifs is 2. The third kappa shape index (κ3) is 2.18. The molecule has 0 bridgehead atoms. The van der Waals surface area contributed by atoms with Crippen LogP contribution in [0.25, 0.3) is 0 Å². The summed E-state index contributed by atoms with van der Waals surface area (Å²) in [6.45, 7) is 4.49. The summed E-state index contributed by atoms with van der Waals surface area (Å²) in [5, 5.41) is 0. The van der Waals surface area contributed by atoms with Gasteiger partial charge in [0.05, 0.1) is 17.3 Å². The first kappa shape index (κ1) is 16.4. The summed E-state index contributed by atoms with van der Waals surface area (Å²) in [5.74, 6) is 0.889. The van der Waals surface area contributed by atoms with Crippen molar-refractivity contribution in [2.24, 2.45) is 4.99 Å². The molecule has 0 fully saturated rings. The zero-order chi connectivity index (χ0) is 18.6. The molecule has 0 amide bonds. The van der Waals surface area contributed by atoms with Crippen molar-refractivity contribution < 1.29 is 4.74 Å². The fraction of sp³-hybridized carbons (Fsp3) is 0.292. The smallest absolute Gasteiger partial charge is 0.228 e. The first-order valence-corrected chi connectivity index (χ1v) is 9.57. The molecule has 5 rings (SSSR count). The molecule has 0 aromatic heterocycles. The van der Waals surface area contributed by atoms with Crippen LogP contribution in [0.1, 0.15) is 30.5 Å². The van der Waals surface area contributed by atoms with Crippen LogP contribution in [0.3, 0.4) is 0 Å². The van der Waals surface area contributed by atoms with E-state index in [-0.39, 0.29) is 5.41 Å². The van der Waals surface area contributed by atoms with Crippen LogP contribution in [0.5, 0.6) is 0 Å². The average molecular weight is 356 g/mol. The lowest BCUT2D eigenvalue weighted by Crippen LogP contribution is -2.58. The van der Waals surface area contributed by atoms with Gasteiger partial charge in [-0.15, -0.1) is 0 Å². The highest BCUT2D eigenvalue weighted by atomic mass is 16.5. The maximum absolute atomic E-state index is 6.77. The number of allylic oxidation sites excluding steroid dienone is 3. The molecule has 1 spiro atoms. The van der Waals surface area contributed by atoms with Crippen LogP contribution in [-0.2, 0) is 23.0 Å². The van der Waals surface area contributed by atoms with Crippen molar-refractivity contribution in [3.05, 3.63) is 88.8 Å². The minimum absolute atomic E-state index is 0.214. The standard InChI is InChI=1S/C24H24N2O/c1-23(2)19-12-6-7-13-21(19)26(3)24(23)16-25-20-15-18-10-5-4-9-17(18)11-8-14-22(20)27-24/h4-10,12-14,16H,11,15H2,1-3H3. The van der Waals surface area contributed by atoms with Gasteiger partial charge in [0.15, 0.2) is 0 Å². The molecule has 3 aliphatic rings. The van der Waals surface area contributed by atoms with Gasteiger partial charge in [-0.3, -0.25) is 4.99 Å². The highest BCUT2D eigenvalue weighted by Gasteiger charge is 2.58. The van der Waals surface area contributed by atoms with E-state index in [1.54, 1.807) is 0 Å². The van der Waals surface area contributed by atoms with Crippen LogP contribution in [-0.4, -0.2) is 19.0 Å². The SMILES string of the molecule is CN1c2ccccc2C(C)(C)C12C=NC1=C(C=CCc3ccccc3C1)O2. The van der Waals surface area contributed by atoms with Crippen LogP contribution >= 0.6 is 0 Å². The molecule has 3 heteroatoms. The van der Waals surface area contributed by atoms with Crippen molar-refractivity contribution in [1.29, 1.82) is 0 Å². The van der Waals surface area contributed by atoms with E-state index in [2.05, 4.69) is 86.5 Å². The monoisotopic (exact) mass is 356 g/mol. The maximum Gasteiger partial charge on any atom is 0.228 e. The number of ether oxygens (including phenoxy) is 1. The Hall–Kier alpha value is -2.81. The minimum Gasteiger partial charge on any atom is -0.460 e. The Morgan fingerprint density at radius 2 is 1.74 bits per heavy atom. The van der Waals surface area contributed by atoms with Crippen molar-refractivity contribution in [2.45, 2.75) is 37.8 Å². The predicted molar refractivity (Wildman–Crippen MR) is 110 cm³/mol. The molecule has 0 radical (unpaired) electrons. The second-order valence-corrected chi connectivity index (χ2v) is 8.12. The molecule has 2 aromatic rings. The highest BCUT2D eigenvalue weighted by molar-refractivity contribution is 5.85. The largest absolute Gasteiger partial charge is 0.460 e. The van der Waals surface area contributed by atoms with Gasteiger partial charge in [0.2, 0.25) is 5.72 Å². The van der Waals surface area contributed by atoms with Crippen LogP contribution in [0.4, 0.5) is 5.69 Å². The molecule has 0 saturated heterocycles. The fourth-order valence-corrected chi connectivity index (χ4v) is 4.68. The van der Waals surface area contributed by atoms with Gasteiger partial charge in [0, 0.05) is 19.2 Å². The Morgan fingerprint density at radius 1 is 1.00 bits per heavy atom. The van der Waals surface area contributed by atoms with Gasteiger partial charge in [-0.25, -0.2) is 0 Å². The number of para-hydroxylation sites is 1. The van der Waals surface area contributed by atoms with Gasteiger partial charge < -0.3 is 9.64 Å². The summed E-state index contributed by atoms with van der Waals surface area (Å²) < 4.78 is 6.77. The number of anilines is 1. The van der Waals surface area contributed by atoms with E-state index in [4.69, 9.17) is 9.73 Å². The van der Waals surface area contributed by atoms with Gasteiger partial charge >= 0.3 is 0 Å². The molecule has 27 heavy (non-hydrogen) atoms. The Bertz CT molecular complexity index is 1010. The molecule has 1 unspecified atom stereocenters. The van der Waals surface area contributed by atoms with Crippen molar-refractivity contribution >= 4 is 11.9 Å². The van der Waals surface area contributed by atoms with E-state index in [9.17, 15) is 0 Å². The normalized spacial score (nSPS) is 24.8. The molecule has 1 atom stereocenters. The van der Waals surface area contributed by atoms with Crippen LogP contribution in [0.15, 0.2) is 77.1 Å². The summed E-state index contributed by atoms with van der Waals surface area (Å²) in [5.41, 5.74) is 5.37. The Morgan fingerprint density at radius 3 is 2.56 bits per heavy atom. The average Bonchev–Trinajstić information content (AvgIpc) is 2.82. The molecular formula is C24H24N2O. The zero-order valence-corrected chi connectivity index (χ0v) is 16.1.